The number of ether oxygens (including phenoxy) is 2. The molecule has 0 aliphatic heterocycles. The Morgan fingerprint density at radius 1 is 0.854 bits per heavy atom. The molecule has 0 spiro atoms. The summed E-state index contributed by atoms with van der Waals surface area (Å²) in [5.41, 5.74) is 7.72. The molecule has 0 atom stereocenters. The minimum atomic E-state index is -0.174. The van der Waals surface area contributed by atoms with Gasteiger partial charge in [0.05, 0.1) is 26.4 Å². The molecule has 1 amide bonds. The van der Waals surface area contributed by atoms with Crippen LogP contribution in [0.5, 0.6) is 0 Å². The molecule has 1 aliphatic rings. The minimum absolute atomic E-state index is 0.174. The van der Waals surface area contributed by atoms with Gasteiger partial charge in [-0.3, -0.25) is 4.79 Å². The molecule has 1 aliphatic carbocycles. The zero-order valence-electron chi connectivity index (χ0n) is 23.2. The topological polar surface area (TPSA) is 148 Å². The Morgan fingerprint density at radius 2 is 1.54 bits per heavy atom. The summed E-state index contributed by atoms with van der Waals surface area (Å²) in [6.07, 6.45) is 5.87. The van der Waals surface area contributed by atoms with E-state index in [2.05, 4.69) is 36.2 Å². The number of nitrogens with two attached hydrogens (primary N) is 1. The SMILES string of the molecule is NCCOCCOCCNC(=O)c1ccc(Nc2nc(NCc3ccc(Cl)cc3)nc(NC3CCCCC3)n2)cc1. The van der Waals surface area contributed by atoms with Crippen molar-refractivity contribution < 1.29 is 14.3 Å². The number of hydrogen-bond donors (Lipinski definition) is 5. The third kappa shape index (κ3) is 10.8. The van der Waals surface area contributed by atoms with E-state index in [9.17, 15) is 4.79 Å². The lowest BCUT2D eigenvalue weighted by molar-refractivity contribution is 0.0511. The number of anilines is 4. The van der Waals surface area contributed by atoms with Gasteiger partial charge in [0.2, 0.25) is 17.8 Å². The van der Waals surface area contributed by atoms with E-state index < -0.39 is 0 Å². The summed E-state index contributed by atoms with van der Waals surface area (Å²) in [5.74, 6) is 1.21. The fraction of sp³-hybridized carbons (Fsp3) is 0.448. The van der Waals surface area contributed by atoms with Crippen LogP contribution >= 0.6 is 11.6 Å². The van der Waals surface area contributed by atoms with Crippen molar-refractivity contribution in [3.05, 3.63) is 64.7 Å². The first kappa shape index (κ1) is 30.4. The summed E-state index contributed by atoms with van der Waals surface area (Å²) >= 11 is 6.01. The lowest BCUT2D eigenvalue weighted by Crippen LogP contribution is -2.27. The molecule has 1 aromatic heterocycles. The highest BCUT2D eigenvalue weighted by atomic mass is 35.5. The van der Waals surface area contributed by atoms with Crippen molar-refractivity contribution in [1.29, 1.82) is 0 Å². The number of hydrogen-bond acceptors (Lipinski definition) is 10. The molecule has 1 saturated carbocycles. The van der Waals surface area contributed by atoms with E-state index in [4.69, 9.17) is 26.8 Å². The van der Waals surface area contributed by atoms with E-state index in [1.54, 1.807) is 12.1 Å². The van der Waals surface area contributed by atoms with Crippen LogP contribution in [0, 0.1) is 0 Å². The van der Waals surface area contributed by atoms with Crippen LogP contribution in [-0.4, -0.2) is 66.4 Å². The van der Waals surface area contributed by atoms with Crippen molar-refractivity contribution in [2.24, 2.45) is 5.73 Å². The van der Waals surface area contributed by atoms with Crippen LogP contribution in [0.2, 0.25) is 5.02 Å². The van der Waals surface area contributed by atoms with E-state index in [1.807, 2.05) is 36.4 Å². The van der Waals surface area contributed by atoms with Crippen molar-refractivity contribution in [3.8, 4) is 0 Å². The number of rotatable bonds is 16. The van der Waals surface area contributed by atoms with Crippen LogP contribution in [0.4, 0.5) is 23.5 Å². The van der Waals surface area contributed by atoms with Gasteiger partial charge in [0.1, 0.15) is 0 Å². The maximum atomic E-state index is 12.5. The molecule has 1 fully saturated rings. The molecule has 0 saturated heterocycles. The van der Waals surface area contributed by atoms with Gasteiger partial charge in [0.25, 0.3) is 5.91 Å². The molecule has 1 heterocycles. The van der Waals surface area contributed by atoms with Gasteiger partial charge < -0.3 is 36.5 Å². The number of nitrogens with one attached hydrogen (secondary N) is 4. The normalized spacial score (nSPS) is 13.5. The number of halogens is 1. The first-order valence-corrected chi connectivity index (χ1v) is 14.5. The van der Waals surface area contributed by atoms with Crippen LogP contribution in [0.1, 0.15) is 48.0 Å². The van der Waals surface area contributed by atoms with Crippen LogP contribution in [-0.2, 0) is 16.0 Å². The molecule has 6 N–H and O–H groups in total. The van der Waals surface area contributed by atoms with Gasteiger partial charge in [-0.2, -0.15) is 15.0 Å². The standard InChI is InChI=1S/C29H39ClN8O3/c30-23-10-6-21(7-11-23)20-33-27-36-28(34-24-4-2-1-3-5-24)38-29(37-27)35-25-12-8-22(9-13-25)26(39)32-15-17-41-19-18-40-16-14-31/h6-13,24H,1-5,14-20,31H2,(H,32,39)(H3,33,34,35,36,37,38). The number of benzene rings is 2. The Balaban J connectivity index is 1.34. The number of carbonyl (C=O) groups excluding carboxylic acids is 1. The predicted octanol–water partition coefficient (Wildman–Crippen LogP) is 4.35. The van der Waals surface area contributed by atoms with Gasteiger partial charge in [0, 0.05) is 41.9 Å². The highest BCUT2D eigenvalue weighted by Crippen LogP contribution is 2.22. The van der Waals surface area contributed by atoms with Gasteiger partial charge in [-0.1, -0.05) is 43.0 Å². The van der Waals surface area contributed by atoms with Crippen LogP contribution in [0.3, 0.4) is 0 Å². The summed E-state index contributed by atoms with van der Waals surface area (Å²) in [7, 11) is 0. The smallest absolute Gasteiger partial charge is 0.251 e. The third-order valence-electron chi connectivity index (χ3n) is 6.51. The number of carbonyl (C=O) groups is 1. The summed E-state index contributed by atoms with van der Waals surface area (Å²) in [5, 5.41) is 13.6. The molecule has 12 heteroatoms. The highest BCUT2D eigenvalue weighted by Gasteiger charge is 2.16. The van der Waals surface area contributed by atoms with Crippen LogP contribution in [0.25, 0.3) is 0 Å². The molecular weight excluding hydrogens is 544 g/mol. The maximum Gasteiger partial charge on any atom is 0.251 e. The second-order valence-electron chi connectivity index (χ2n) is 9.74. The molecular formula is C29H39ClN8O3. The van der Waals surface area contributed by atoms with Crippen molar-refractivity contribution in [3.63, 3.8) is 0 Å². The van der Waals surface area contributed by atoms with E-state index in [0.29, 0.717) is 80.5 Å². The Morgan fingerprint density at radius 3 is 2.27 bits per heavy atom. The third-order valence-corrected chi connectivity index (χ3v) is 6.76. The summed E-state index contributed by atoms with van der Waals surface area (Å²) in [6, 6.07) is 15.1. The maximum absolute atomic E-state index is 12.5. The van der Waals surface area contributed by atoms with E-state index >= 15 is 0 Å². The molecule has 4 rings (SSSR count). The summed E-state index contributed by atoms with van der Waals surface area (Å²) in [4.78, 5) is 26.3. The van der Waals surface area contributed by atoms with E-state index in [-0.39, 0.29) is 5.91 Å². The van der Waals surface area contributed by atoms with Gasteiger partial charge in [0.15, 0.2) is 0 Å². The van der Waals surface area contributed by atoms with Crippen molar-refractivity contribution in [2.75, 3.05) is 55.5 Å². The van der Waals surface area contributed by atoms with Crippen molar-refractivity contribution in [2.45, 2.75) is 44.7 Å². The van der Waals surface area contributed by atoms with Crippen LogP contribution < -0.4 is 27.0 Å². The van der Waals surface area contributed by atoms with Gasteiger partial charge in [-0.15, -0.1) is 0 Å². The molecule has 2 aromatic carbocycles. The second-order valence-corrected chi connectivity index (χ2v) is 10.2. The van der Waals surface area contributed by atoms with E-state index in [0.717, 1.165) is 24.1 Å². The Hall–Kier alpha value is -3.51. The molecule has 220 valence electrons. The van der Waals surface area contributed by atoms with Crippen LogP contribution in [0.15, 0.2) is 48.5 Å². The average Bonchev–Trinajstić information content (AvgIpc) is 2.99. The zero-order chi connectivity index (χ0) is 28.7. The monoisotopic (exact) mass is 582 g/mol. The minimum Gasteiger partial charge on any atom is -0.378 e. The zero-order valence-corrected chi connectivity index (χ0v) is 24.0. The fourth-order valence-electron chi connectivity index (χ4n) is 4.37. The Bertz CT molecular complexity index is 1210. The van der Waals surface area contributed by atoms with Gasteiger partial charge >= 0.3 is 0 Å². The van der Waals surface area contributed by atoms with Gasteiger partial charge in [-0.05, 0) is 54.8 Å². The lowest BCUT2D eigenvalue weighted by Gasteiger charge is -2.23. The van der Waals surface area contributed by atoms with Crippen molar-refractivity contribution in [1.82, 2.24) is 20.3 Å². The quantitative estimate of drug-likeness (QED) is 0.154. The average molecular weight is 583 g/mol. The first-order chi connectivity index (χ1) is 20.1. The Kier molecular flexibility index (Phi) is 12.4. The molecule has 0 bridgehead atoms. The highest BCUT2D eigenvalue weighted by molar-refractivity contribution is 6.30. The number of nitrogens with zero attached hydrogens (tertiary/aromatic N) is 3. The largest absolute Gasteiger partial charge is 0.378 e. The first-order valence-electron chi connectivity index (χ1n) is 14.1. The number of amides is 1. The molecule has 41 heavy (non-hydrogen) atoms. The summed E-state index contributed by atoms with van der Waals surface area (Å²) in [6.45, 7) is 3.30. The predicted molar refractivity (Wildman–Crippen MR) is 162 cm³/mol. The lowest BCUT2D eigenvalue weighted by atomic mass is 9.96. The van der Waals surface area contributed by atoms with Crippen molar-refractivity contribution >= 4 is 41.0 Å². The Labute approximate surface area is 246 Å². The molecule has 11 nitrogen and oxygen atoms in total. The summed E-state index contributed by atoms with van der Waals surface area (Å²) < 4.78 is 10.7. The second kappa shape index (κ2) is 16.7. The molecule has 3 aromatic rings. The molecule has 0 unspecified atom stereocenters. The van der Waals surface area contributed by atoms with E-state index in [1.165, 1.54) is 19.3 Å². The van der Waals surface area contributed by atoms with Gasteiger partial charge in [-0.25, -0.2) is 0 Å². The fourth-order valence-corrected chi connectivity index (χ4v) is 4.49. The molecule has 0 radical (unpaired) electrons. The number of aromatic nitrogens is 3.